The van der Waals surface area contributed by atoms with Gasteiger partial charge in [-0.2, -0.15) is 5.26 Å². The normalized spacial score (nSPS) is 12.2. The number of aryl methyl sites for hydroxylation is 1. The summed E-state index contributed by atoms with van der Waals surface area (Å²) in [6.07, 6.45) is 0. The Labute approximate surface area is 476 Å². The zero-order chi connectivity index (χ0) is 55.6. The average Bonchev–Trinajstić information content (AvgIpc) is 4.07. The molecule has 0 aliphatic carbocycles. The van der Waals surface area contributed by atoms with Gasteiger partial charge < -0.3 is 22.8 Å². The number of hydrogen-bond donors (Lipinski definition) is 0. The summed E-state index contributed by atoms with van der Waals surface area (Å²) in [5.41, 5.74) is 10.5. The van der Waals surface area contributed by atoms with E-state index in [2.05, 4.69) is 175 Å². The fourth-order valence-electron chi connectivity index (χ4n) is 11.0. The minimum atomic E-state index is -0.574. The van der Waals surface area contributed by atoms with Crippen molar-refractivity contribution >= 4 is 90.2 Å². The molecule has 12 heteroatoms. The molecule has 0 atom stereocenters. The zero-order valence-electron chi connectivity index (χ0n) is 45.7. The van der Waals surface area contributed by atoms with Crippen molar-refractivity contribution in [3.63, 3.8) is 0 Å². The van der Waals surface area contributed by atoms with Gasteiger partial charge in [-0.15, -0.1) is 11.3 Å². The van der Waals surface area contributed by atoms with Gasteiger partial charge in [-0.3, -0.25) is 0 Å². The molecule has 0 radical (unpaired) electrons. The number of ether oxygens (including phenoxy) is 2. The molecule has 81 heavy (non-hydrogen) atoms. The number of nitriles is 1. The van der Waals surface area contributed by atoms with Gasteiger partial charge in [0.1, 0.15) is 33.7 Å². The Morgan fingerprint density at radius 1 is 0.580 bits per heavy atom. The van der Waals surface area contributed by atoms with Gasteiger partial charge in [0.15, 0.2) is 5.58 Å². The lowest BCUT2D eigenvalue weighted by Gasteiger charge is -2.24. The second-order valence-corrected chi connectivity index (χ2v) is 22.3. The molecule has 0 fully saturated rings. The highest BCUT2D eigenvalue weighted by Gasteiger charge is 2.38. The molecule has 4 heterocycles. The highest BCUT2D eigenvalue weighted by Crippen LogP contribution is 2.39. The number of aromatic nitrogens is 4. The largest absolute Gasteiger partial charge is 0.493 e. The number of hydrogen-bond acceptors (Lipinski definition) is 7. The highest BCUT2D eigenvalue weighted by atomic mass is 32.1. The van der Waals surface area contributed by atoms with Crippen LogP contribution in [0.5, 0.6) is 11.5 Å². The minimum Gasteiger partial charge on any atom is -0.493 e. The van der Waals surface area contributed by atoms with E-state index in [4.69, 9.17) is 23.9 Å². The Bertz CT molecular complexity index is 4310. The first-order valence-corrected chi connectivity index (χ1v) is 28.2. The first kappa shape index (κ1) is 52.1. The Hall–Kier alpha value is -9.61. The van der Waals surface area contributed by atoms with Crippen molar-refractivity contribution in [2.24, 2.45) is 11.8 Å². The molecule has 0 saturated heterocycles. The molecule has 8 aromatic carbocycles. The lowest BCUT2D eigenvalue weighted by atomic mass is 9.50. The van der Waals surface area contributed by atoms with Crippen molar-refractivity contribution < 1.29 is 13.9 Å². The topological polar surface area (TPSA) is 95.4 Å². The van der Waals surface area contributed by atoms with Crippen molar-refractivity contribution in [2.75, 3.05) is 13.2 Å². The van der Waals surface area contributed by atoms with Crippen LogP contribution in [0.25, 0.3) is 70.7 Å². The summed E-state index contributed by atoms with van der Waals surface area (Å²) in [5.74, 6) is 2.04. The summed E-state index contributed by atoms with van der Waals surface area (Å²) in [7, 11) is 0. The first-order chi connectivity index (χ1) is 39.7. The highest BCUT2D eigenvalue weighted by molar-refractivity contribution is 7.19. The van der Waals surface area contributed by atoms with Crippen molar-refractivity contribution in [3.05, 3.63) is 251 Å². The van der Waals surface area contributed by atoms with Gasteiger partial charge in [0, 0.05) is 33.3 Å². The van der Waals surface area contributed by atoms with E-state index >= 15 is 0 Å². The lowest BCUT2D eigenvalue weighted by molar-refractivity contribution is 0.271. The average molecular weight is 1070 g/mol. The molecule has 0 N–H and O–H groups in total. The van der Waals surface area contributed by atoms with Crippen molar-refractivity contribution in [1.29, 1.82) is 5.26 Å². The molecule has 0 unspecified atom stereocenters. The van der Waals surface area contributed by atoms with E-state index in [0.717, 1.165) is 65.5 Å². The van der Waals surface area contributed by atoms with Gasteiger partial charge in [0.05, 0.1) is 40.7 Å². The third-order valence-electron chi connectivity index (χ3n) is 14.5. The van der Waals surface area contributed by atoms with Gasteiger partial charge in [-0.1, -0.05) is 213 Å². The van der Waals surface area contributed by atoms with E-state index in [1.807, 2.05) is 91.9 Å². The molecule has 0 amide bonds. The Morgan fingerprint density at radius 3 is 1.54 bits per heavy atom. The van der Waals surface area contributed by atoms with E-state index in [-0.39, 0.29) is 23.4 Å². The second kappa shape index (κ2) is 22.6. The van der Waals surface area contributed by atoms with Gasteiger partial charge in [-0.05, 0) is 72.9 Å². The molecule has 0 aliphatic rings. The molecule has 392 valence electrons. The van der Waals surface area contributed by atoms with E-state index in [9.17, 15) is 11.8 Å². The van der Waals surface area contributed by atoms with Crippen molar-refractivity contribution in [3.8, 4) is 40.1 Å². The number of thiazole rings is 1. The zero-order valence-corrected chi connectivity index (χ0v) is 46.6. The molecule has 12 aromatic rings. The molecule has 0 spiro atoms. The standard InChI is InChI=1S/C69H56B2N6O3S/c1-45(2)43-78-54-33-21-23-48(40-54)64-61-62(67(63(73-6)68-74-58-39-47(5)37-38-59(58)80-68)77(64)71(52-29-15-9-16-30-52)53-31-17-10-18-32-53)65(49-24-22-34-55(41-49)79-44-46(3)4)76(70(50-25-11-7-12-26-50)51-27-13-8-14-28-51)66(61)56(42-72)69-75-57-35-19-20-36-60(57)81-69/h7-41,45-46H,43-44H2,1-5H3/b66-56-,67-63+. The SMILES string of the molecule is [C-]#[N+]/C(c1nc2cc(C)ccc2o1)=c1\c2c(-c3cccc(OCC(C)C)c3)n(B(c3ccccc3)c3ccccc3)/c(=C(/C#N)c3nc4ccccc4s3)c2c(-c2cccc(OCC(C)C)c2)n1B(c1ccccc1)c1ccccc1. The second-order valence-electron chi connectivity index (χ2n) is 21.2. The summed E-state index contributed by atoms with van der Waals surface area (Å²) in [6, 6.07) is 75.0. The summed E-state index contributed by atoms with van der Waals surface area (Å²) < 4.78 is 25.7. The minimum absolute atomic E-state index is 0.166. The molecular weight excluding hydrogens is 1010 g/mol. The molecule has 4 aromatic heterocycles. The number of oxazole rings is 1. The van der Waals surface area contributed by atoms with Crippen molar-refractivity contribution in [2.45, 2.75) is 34.6 Å². The van der Waals surface area contributed by atoms with E-state index in [0.29, 0.717) is 62.5 Å². The third-order valence-corrected chi connectivity index (χ3v) is 15.5. The van der Waals surface area contributed by atoms with E-state index in [1.165, 1.54) is 11.3 Å². The predicted molar refractivity (Wildman–Crippen MR) is 333 cm³/mol. The summed E-state index contributed by atoms with van der Waals surface area (Å²) in [6.45, 7) is 20.1. The summed E-state index contributed by atoms with van der Waals surface area (Å²) in [4.78, 5) is 15.1. The molecule has 0 saturated carbocycles. The predicted octanol–water partition coefficient (Wildman–Crippen LogP) is 12.0. The van der Waals surface area contributed by atoms with Crippen LogP contribution in [-0.2, 0) is 0 Å². The number of para-hydroxylation sites is 1. The van der Waals surface area contributed by atoms with Crippen LogP contribution in [0.2, 0.25) is 0 Å². The maximum absolute atomic E-state index is 12.4. The van der Waals surface area contributed by atoms with Gasteiger partial charge in [0.2, 0.25) is 5.89 Å². The summed E-state index contributed by atoms with van der Waals surface area (Å²) in [5, 5.41) is 15.5. The van der Waals surface area contributed by atoms with E-state index in [1.54, 1.807) is 0 Å². The van der Waals surface area contributed by atoms with Crippen LogP contribution in [-0.4, -0.2) is 45.8 Å². The third kappa shape index (κ3) is 10.1. The van der Waals surface area contributed by atoms with Gasteiger partial charge >= 0.3 is 13.7 Å². The van der Waals surface area contributed by atoms with Crippen LogP contribution >= 0.6 is 11.3 Å². The smallest absolute Gasteiger partial charge is 0.328 e. The molecule has 9 nitrogen and oxygen atoms in total. The van der Waals surface area contributed by atoms with Crippen LogP contribution in [0.3, 0.4) is 0 Å². The molecule has 0 bridgehead atoms. The number of fused-ring (bicyclic) bond motifs is 3. The van der Waals surface area contributed by atoms with Gasteiger partial charge in [0.25, 0.3) is 5.70 Å². The Kier molecular flexibility index (Phi) is 14.6. The Morgan fingerprint density at radius 2 is 1.06 bits per heavy atom. The quantitative estimate of drug-likeness (QED) is 0.0707. The maximum Gasteiger partial charge on any atom is 0.328 e. The van der Waals surface area contributed by atoms with Gasteiger partial charge in [-0.25, -0.2) is 14.8 Å². The fourth-order valence-corrected chi connectivity index (χ4v) is 12.0. The lowest BCUT2D eigenvalue weighted by Crippen LogP contribution is -2.54. The van der Waals surface area contributed by atoms with Crippen LogP contribution < -0.4 is 42.0 Å². The van der Waals surface area contributed by atoms with Crippen LogP contribution in [0.15, 0.2) is 217 Å². The Balaban J connectivity index is 1.44. The van der Waals surface area contributed by atoms with Crippen LogP contribution in [0.1, 0.15) is 44.2 Å². The van der Waals surface area contributed by atoms with E-state index < -0.39 is 13.7 Å². The monoisotopic (exact) mass is 1070 g/mol. The number of rotatable bonds is 16. The van der Waals surface area contributed by atoms with Crippen molar-refractivity contribution in [1.82, 2.24) is 18.9 Å². The first-order valence-electron chi connectivity index (χ1n) is 27.4. The maximum atomic E-state index is 12.4. The van der Waals surface area contributed by atoms with Crippen LogP contribution in [0, 0.1) is 36.7 Å². The number of nitrogens with zero attached hydrogens (tertiary/aromatic N) is 6. The molecule has 0 aliphatic heterocycles. The fraction of sp³-hybridized carbons (Fsp3) is 0.130. The molecule has 12 rings (SSSR count). The number of benzene rings is 8. The van der Waals surface area contributed by atoms with Crippen LogP contribution in [0.4, 0.5) is 0 Å². The molecular formula is C69H56B2N6O3S. The summed E-state index contributed by atoms with van der Waals surface area (Å²) >= 11 is 1.49.